The normalized spacial score (nSPS) is 10.5. The van der Waals surface area contributed by atoms with E-state index in [0.29, 0.717) is 0 Å². The van der Waals surface area contributed by atoms with E-state index in [4.69, 9.17) is 5.73 Å². The maximum absolute atomic E-state index is 5.95. The van der Waals surface area contributed by atoms with Crippen LogP contribution in [0.4, 0.5) is 5.82 Å². The van der Waals surface area contributed by atoms with Gasteiger partial charge in [0.15, 0.2) is 0 Å². The fourth-order valence-corrected chi connectivity index (χ4v) is 1.74. The van der Waals surface area contributed by atoms with Gasteiger partial charge in [-0.1, -0.05) is 30.3 Å². The Bertz CT molecular complexity index is 457. The first-order valence-electron chi connectivity index (χ1n) is 5.00. The van der Waals surface area contributed by atoms with E-state index in [1.54, 1.807) is 4.68 Å². The Kier molecular flexibility index (Phi) is 2.46. The fraction of sp³-hybridized carbons (Fsp3) is 0.250. The lowest BCUT2D eigenvalue weighted by Crippen LogP contribution is -2.00. The number of aryl methyl sites for hydroxylation is 2. The molecule has 2 aromatic rings. The molecule has 1 heterocycles. The molecule has 2 rings (SSSR count). The number of aromatic nitrogens is 2. The molecule has 15 heavy (non-hydrogen) atoms. The largest absolute Gasteiger partial charge is 0.384 e. The van der Waals surface area contributed by atoms with Crippen LogP contribution in [0.1, 0.15) is 16.8 Å². The van der Waals surface area contributed by atoms with E-state index >= 15 is 0 Å². The number of anilines is 1. The van der Waals surface area contributed by atoms with Gasteiger partial charge in [-0.2, -0.15) is 5.10 Å². The molecule has 0 radical (unpaired) electrons. The molecular formula is C12H15N3. The smallest absolute Gasteiger partial charge is 0.125 e. The molecule has 1 aromatic carbocycles. The summed E-state index contributed by atoms with van der Waals surface area (Å²) in [7, 11) is 1.87. The number of nitrogens with two attached hydrogens (primary N) is 1. The van der Waals surface area contributed by atoms with Gasteiger partial charge >= 0.3 is 0 Å². The highest BCUT2D eigenvalue weighted by molar-refractivity contribution is 5.45. The second-order valence-electron chi connectivity index (χ2n) is 3.74. The molecule has 0 fully saturated rings. The molecule has 0 atom stereocenters. The lowest BCUT2D eigenvalue weighted by molar-refractivity contribution is 0.767. The van der Waals surface area contributed by atoms with Crippen molar-refractivity contribution in [2.75, 3.05) is 5.73 Å². The summed E-state index contributed by atoms with van der Waals surface area (Å²) in [6, 6.07) is 10.3. The van der Waals surface area contributed by atoms with E-state index in [2.05, 4.69) is 17.2 Å². The van der Waals surface area contributed by atoms with E-state index in [1.165, 1.54) is 5.56 Å². The van der Waals surface area contributed by atoms with Crippen molar-refractivity contribution in [3.63, 3.8) is 0 Å². The van der Waals surface area contributed by atoms with Crippen molar-refractivity contribution in [3.8, 4) is 0 Å². The maximum atomic E-state index is 5.95. The topological polar surface area (TPSA) is 43.8 Å². The van der Waals surface area contributed by atoms with E-state index in [1.807, 2.05) is 32.2 Å². The number of hydrogen-bond acceptors (Lipinski definition) is 2. The molecule has 78 valence electrons. The lowest BCUT2D eigenvalue weighted by atomic mass is 10.1. The summed E-state index contributed by atoms with van der Waals surface area (Å²) in [5.74, 6) is 0.761. The first kappa shape index (κ1) is 9.77. The molecule has 0 spiro atoms. The first-order valence-corrected chi connectivity index (χ1v) is 5.00. The molecular weight excluding hydrogens is 186 g/mol. The van der Waals surface area contributed by atoms with Gasteiger partial charge in [0.05, 0.1) is 5.69 Å². The van der Waals surface area contributed by atoms with Crippen LogP contribution in [0.2, 0.25) is 0 Å². The second-order valence-corrected chi connectivity index (χ2v) is 3.74. The van der Waals surface area contributed by atoms with E-state index in [0.717, 1.165) is 23.5 Å². The molecule has 0 amide bonds. The van der Waals surface area contributed by atoms with Crippen molar-refractivity contribution in [2.24, 2.45) is 7.05 Å². The Hall–Kier alpha value is -1.77. The zero-order valence-electron chi connectivity index (χ0n) is 9.07. The van der Waals surface area contributed by atoms with Crippen molar-refractivity contribution in [1.29, 1.82) is 0 Å². The highest BCUT2D eigenvalue weighted by Crippen LogP contribution is 2.19. The average Bonchev–Trinajstić information content (AvgIpc) is 2.47. The molecule has 0 aliphatic rings. The second kappa shape index (κ2) is 3.77. The van der Waals surface area contributed by atoms with Crippen LogP contribution in [-0.4, -0.2) is 9.78 Å². The molecule has 2 N–H and O–H groups in total. The number of nitrogens with zero attached hydrogens (tertiary/aromatic N) is 2. The highest BCUT2D eigenvalue weighted by atomic mass is 15.3. The number of nitrogen functional groups attached to an aromatic ring is 1. The predicted octanol–water partition coefficient (Wildman–Crippen LogP) is 1.90. The molecule has 3 nitrogen and oxygen atoms in total. The van der Waals surface area contributed by atoms with E-state index in [9.17, 15) is 0 Å². The van der Waals surface area contributed by atoms with Gasteiger partial charge in [-0.3, -0.25) is 4.68 Å². The van der Waals surface area contributed by atoms with Crippen molar-refractivity contribution < 1.29 is 0 Å². The van der Waals surface area contributed by atoms with Gasteiger partial charge in [0.1, 0.15) is 5.82 Å². The van der Waals surface area contributed by atoms with Crippen molar-refractivity contribution in [1.82, 2.24) is 9.78 Å². The van der Waals surface area contributed by atoms with Gasteiger partial charge in [0.25, 0.3) is 0 Å². The third-order valence-electron chi connectivity index (χ3n) is 2.62. The highest BCUT2D eigenvalue weighted by Gasteiger charge is 2.10. The monoisotopic (exact) mass is 201 g/mol. The third-order valence-corrected chi connectivity index (χ3v) is 2.62. The Balaban J connectivity index is 2.32. The standard InChI is InChI=1S/C12H15N3/c1-9-11(12(13)15(2)14-9)8-10-6-4-3-5-7-10/h3-7H,8,13H2,1-2H3. The molecule has 0 saturated carbocycles. The minimum atomic E-state index is 0.761. The number of benzene rings is 1. The fourth-order valence-electron chi connectivity index (χ4n) is 1.74. The zero-order chi connectivity index (χ0) is 10.8. The Labute approximate surface area is 89.5 Å². The third kappa shape index (κ3) is 1.86. The molecule has 0 aliphatic carbocycles. The van der Waals surface area contributed by atoms with Crippen LogP contribution < -0.4 is 5.73 Å². The van der Waals surface area contributed by atoms with Crippen molar-refractivity contribution >= 4 is 5.82 Å². The average molecular weight is 201 g/mol. The van der Waals surface area contributed by atoms with Gasteiger partial charge in [-0.25, -0.2) is 0 Å². The minimum absolute atomic E-state index is 0.761. The van der Waals surface area contributed by atoms with Crippen LogP contribution in [0.25, 0.3) is 0 Å². The lowest BCUT2D eigenvalue weighted by Gasteiger charge is -2.01. The Morgan fingerprint density at radius 3 is 2.47 bits per heavy atom. The Morgan fingerprint density at radius 1 is 1.27 bits per heavy atom. The molecule has 3 heteroatoms. The van der Waals surface area contributed by atoms with Gasteiger partial charge < -0.3 is 5.73 Å². The predicted molar refractivity (Wildman–Crippen MR) is 61.6 cm³/mol. The summed E-state index contributed by atoms with van der Waals surface area (Å²) in [5.41, 5.74) is 9.36. The van der Waals surface area contributed by atoms with Crippen molar-refractivity contribution in [2.45, 2.75) is 13.3 Å². The summed E-state index contributed by atoms with van der Waals surface area (Å²) >= 11 is 0. The molecule has 0 unspecified atom stereocenters. The van der Waals surface area contributed by atoms with Gasteiger partial charge in [0.2, 0.25) is 0 Å². The van der Waals surface area contributed by atoms with Gasteiger partial charge in [-0.05, 0) is 12.5 Å². The summed E-state index contributed by atoms with van der Waals surface area (Å²) in [6.45, 7) is 1.99. The molecule has 0 aliphatic heterocycles. The minimum Gasteiger partial charge on any atom is -0.384 e. The van der Waals surface area contributed by atoms with Crippen LogP contribution >= 0.6 is 0 Å². The SMILES string of the molecule is Cc1nn(C)c(N)c1Cc1ccccc1. The zero-order valence-corrected chi connectivity index (χ0v) is 9.07. The van der Waals surface area contributed by atoms with E-state index < -0.39 is 0 Å². The van der Waals surface area contributed by atoms with Crippen LogP contribution in [0.15, 0.2) is 30.3 Å². The van der Waals surface area contributed by atoms with E-state index in [-0.39, 0.29) is 0 Å². The summed E-state index contributed by atoms with van der Waals surface area (Å²) in [5, 5.41) is 4.30. The maximum Gasteiger partial charge on any atom is 0.125 e. The number of hydrogen-bond donors (Lipinski definition) is 1. The Morgan fingerprint density at radius 2 is 1.93 bits per heavy atom. The van der Waals surface area contributed by atoms with Gasteiger partial charge in [0, 0.05) is 19.0 Å². The number of rotatable bonds is 2. The molecule has 0 bridgehead atoms. The van der Waals surface area contributed by atoms with Crippen LogP contribution in [0.5, 0.6) is 0 Å². The first-order chi connectivity index (χ1) is 7.18. The molecule has 1 aromatic heterocycles. The quantitative estimate of drug-likeness (QED) is 0.806. The van der Waals surface area contributed by atoms with Gasteiger partial charge in [-0.15, -0.1) is 0 Å². The van der Waals surface area contributed by atoms with Crippen molar-refractivity contribution in [3.05, 3.63) is 47.2 Å². The van der Waals surface area contributed by atoms with Crippen LogP contribution in [0, 0.1) is 6.92 Å². The molecule has 0 saturated heterocycles. The summed E-state index contributed by atoms with van der Waals surface area (Å²) < 4.78 is 1.73. The summed E-state index contributed by atoms with van der Waals surface area (Å²) in [6.07, 6.45) is 0.854. The van der Waals surface area contributed by atoms with Crippen LogP contribution in [-0.2, 0) is 13.5 Å². The van der Waals surface area contributed by atoms with Crippen LogP contribution in [0.3, 0.4) is 0 Å². The summed E-state index contributed by atoms with van der Waals surface area (Å²) in [4.78, 5) is 0.